The number of unbranched alkanes of at least 4 members (excludes halogenated alkanes) is 5. The fourth-order valence-corrected chi connectivity index (χ4v) is 3.61. The Morgan fingerprint density at radius 3 is 2.12 bits per heavy atom. The van der Waals surface area contributed by atoms with Crippen molar-refractivity contribution in [3.63, 3.8) is 0 Å². The maximum Gasteiger partial charge on any atom is 0.306 e. The first-order valence-corrected chi connectivity index (χ1v) is 12.4. The summed E-state index contributed by atoms with van der Waals surface area (Å²) in [5.41, 5.74) is 1.77. The Hall–Kier alpha value is -3.15. The maximum absolute atomic E-state index is 12.8. The molecule has 0 aromatic heterocycles. The molecule has 0 aliphatic carbocycles. The molecule has 6 heteroatoms. The smallest absolute Gasteiger partial charge is 0.306 e. The number of nitrogens with one attached hydrogen (secondary N) is 2. The van der Waals surface area contributed by atoms with Gasteiger partial charge in [-0.3, -0.25) is 14.4 Å². The molecule has 0 saturated carbocycles. The van der Waals surface area contributed by atoms with Crippen LogP contribution in [0.25, 0.3) is 0 Å². The van der Waals surface area contributed by atoms with Crippen molar-refractivity contribution in [1.82, 2.24) is 10.6 Å². The summed E-state index contributed by atoms with van der Waals surface area (Å²) in [5.74, 6) is -0.899. The van der Waals surface area contributed by atoms with Gasteiger partial charge in [-0.2, -0.15) is 0 Å². The molecule has 0 spiro atoms. The molecule has 0 heterocycles. The highest BCUT2D eigenvalue weighted by Crippen LogP contribution is 2.07. The van der Waals surface area contributed by atoms with E-state index in [0.717, 1.165) is 30.4 Å². The van der Waals surface area contributed by atoms with Crippen molar-refractivity contribution in [3.05, 3.63) is 71.8 Å². The van der Waals surface area contributed by atoms with Crippen LogP contribution in [-0.2, 0) is 32.1 Å². The zero-order valence-corrected chi connectivity index (χ0v) is 20.3. The van der Waals surface area contributed by atoms with Gasteiger partial charge < -0.3 is 15.4 Å². The minimum atomic E-state index is -0.777. The molecule has 0 fully saturated rings. The first-order chi connectivity index (χ1) is 16.6. The molecule has 184 valence electrons. The van der Waals surface area contributed by atoms with E-state index in [1.54, 1.807) is 0 Å². The first-order valence-electron chi connectivity index (χ1n) is 12.4. The SMILES string of the molecule is CCCCCCCCNC(=O)C(CCC(=O)OCc1ccccc1)NC(=O)Cc1ccccc1. The van der Waals surface area contributed by atoms with E-state index in [9.17, 15) is 14.4 Å². The molecule has 34 heavy (non-hydrogen) atoms. The quantitative estimate of drug-likeness (QED) is 0.277. The Morgan fingerprint density at radius 1 is 0.824 bits per heavy atom. The summed E-state index contributed by atoms with van der Waals surface area (Å²) in [5, 5.41) is 5.72. The van der Waals surface area contributed by atoms with Gasteiger partial charge in [0, 0.05) is 13.0 Å². The summed E-state index contributed by atoms with van der Waals surface area (Å²) in [6.45, 7) is 2.94. The molecule has 2 aromatic carbocycles. The molecule has 0 radical (unpaired) electrons. The van der Waals surface area contributed by atoms with E-state index < -0.39 is 12.0 Å². The third-order valence-electron chi connectivity index (χ3n) is 5.57. The molecule has 1 atom stereocenters. The lowest BCUT2D eigenvalue weighted by molar-refractivity contribution is -0.145. The molecule has 2 aromatic rings. The van der Waals surface area contributed by atoms with Crippen molar-refractivity contribution < 1.29 is 19.1 Å². The highest BCUT2D eigenvalue weighted by atomic mass is 16.5. The first kappa shape index (κ1) is 27.1. The topological polar surface area (TPSA) is 84.5 Å². The molecule has 6 nitrogen and oxygen atoms in total. The zero-order valence-electron chi connectivity index (χ0n) is 20.3. The van der Waals surface area contributed by atoms with Gasteiger partial charge >= 0.3 is 5.97 Å². The summed E-state index contributed by atoms with van der Waals surface area (Å²) in [7, 11) is 0. The van der Waals surface area contributed by atoms with E-state index >= 15 is 0 Å². The van der Waals surface area contributed by atoms with Crippen LogP contribution in [0.3, 0.4) is 0 Å². The van der Waals surface area contributed by atoms with Crippen LogP contribution in [0.4, 0.5) is 0 Å². The van der Waals surface area contributed by atoms with Gasteiger partial charge in [-0.1, -0.05) is 99.7 Å². The van der Waals surface area contributed by atoms with E-state index in [-0.39, 0.29) is 37.7 Å². The minimum absolute atomic E-state index is 0.0492. The van der Waals surface area contributed by atoms with Crippen molar-refractivity contribution in [2.75, 3.05) is 6.54 Å². The van der Waals surface area contributed by atoms with E-state index in [0.29, 0.717) is 6.54 Å². The summed E-state index contributed by atoms with van der Waals surface area (Å²) < 4.78 is 5.32. The van der Waals surface area contributed by atoms with Gasteiger partial charge in [0.1, 0.15) is 12.6 Å². The highest BCUT2D eigenvalue weighted by molar-refractivity contribution is 5.88. The average molecular weight is 467 g/mol. The molecule has 2 N–H and O–H groups in total. The second kappa shape index (κ2) is 16.5. The maximum atomic E-state index is 12.8. The molecule has 0 aliphatic rings. The van der Waals surface area contributed by atoms with Gasteiger partial charge in [-0.25, -0.2) is 0 Å². The molecule has 0 aliphatic heterocycles. The second-order valence-electron chi connectivity index (χ2n) is 8.53. The number of hydrogen-bond acceptors (Lipinski definition) is 4. The van der Waals surface area contributed by atoms with Crippen molar-refractivity contribution >= 4 is 17.8 Å². The molecule has 2 amide bonds. The molecule has 0 saturated heterocycles. The summed E-state index contributed by atoms with van der Waals surface area (Å²) in [4.78, 5) is 37.6. The van der Waals surface area contributed by atoms with Crippen molar-refractivity contribution in [2.24, 2.45) is 0 Å². The van der Waals surface area contributed by atoms with Crippen LogP contribution >= 0.6 is 0 Å². The Kier molecular flexibility index (Phi) is 13.1. The van der Waals surface area contributed by atoms with E-state index in [1.807, 2.05) is 60.7 Å². The standard InChI is InChI=1S/C28H38N2O4/c1-2-3-4-5-6-13-20-29-28(33)25(30-26(31)21-23-14-9-7-10-15-23)18-19-27(32)34-22-24-16-11-8-12-17-24/h7-12,14-17,25H,2-6,13,18-22H2,1H3,(H,29,33)(H,30,31). The van der Waals surface area contributed by atoms with Gasteiger partial charge in [-0.15, -0.1) is 0 Å². The molecule has 2 rings (SSSR count). The molecular weight excluding hydrogens is 428 g/mol. The number of rotatable bonds is 16. The van der Waals surface area contributed by atoms with E-state index in [2.05, 4.69) is 17.6 Å². The van der Waals surface area contributed by atoms with Gasteiger partial charge in [0.25, 0.3) is 0 Å². The fraction of sp³-hybridized carbons (Fsp3) is 0.464. The fourth-order valence-electron chi connectivity index (χ4n) is 3.61. The third kappa shape index (κ3) is 11.6. The lowest BCUT2D eigenvalue weighted by Crippen LogP contribution is -2.47. The largest absolute Gasteiger partial charge is 0.461 e. The summed E-state index contributed by atoms with van der Waals surface area (Å²) >= 11 is 0. The summed E-state index contributed by atoms with van der Waals surface area (Å²) in [6.07, 6.45) is 7.21. The van der Waals surface area contributed by atoms with Crippen molar-refractivity contribution in [3.8, 4) is 0 Å². The Balaban J connectivity index is 1.82. The Labute approximate surface area is 203 Å². The number of amides is 2. The van der Waals surface area contributed by atoms with Gasteiger partial charge in [0.15, 0.2) is 0 Å². The molecule has 1 unspecified atom stereocenters. The monoisotopic (exact) mass is 466 g/mol. The van der Waals surface area contributed by atoms with E-state index in [1.165, 1.54) is 19.3 Å². The lowest BCUT2D eigenvalue weighted by atomic mass is 10.1. The Morgan fingerprint density at radius 2 is 1.44 bits per heavy atom. The average Bonchev–Trinajstić information content (AvgIpc) is 2.85. The van der Waals surface area contributed by atoms with Crippen LogP contribution in [0.1, 0.15) is 69.4 Å². The third-order valence-corrected chi connectivity index (χ3v) is 5.57. The van der Waals surface area contributed by atoms with Crippen LogP contribution < -0.4 is 10.6 Å². The minimum Gasteiger partial charge on any atom is -0.461 e. The van der Waals surface area contributed by atoms with Crippen LogP contribution in [0, 0.1) is 0 Å². The normalized spacial score (nSPS) is 11.4. The number of carbonyl (C=O) groups is 3. The highest BCUT2D eigenvalue weighted by Gasteiger charge is 2.22. The number of carbonyl (C=O) groups excluding carboxylic acids is 3. The van der Waals surface area contributed by atoms with Crippen LogP contribution in [0.5, 0.6) is 0 Å². The molecule has 0 bridgehead atoms. The van der Waals surface area contributed by atoms with Gasteiger partial charge in [0.2, 0.25) is 11.8 Å². The van der Waals surface area contributed by atoms with Crippen LogP contribution in [0.2, 0.25) is 0 Å². The number of esters is 1. The van der Waals surface area contributed by atoms with Crippen molar-refractivity contribution in [2.45, 2.75) is 77.4 Å². The Bertz CT molecular complexity index is 855. The van der Waals surface area contributed by atoms with Crippen molar-refractivity contribution in [1.29, 1.82) is 0 Å². The number of ether oxygens (including phenoxy) is 1. The van der Waals surface area contributed by atoms with Crippen LogP contribution in [0.15, 0.2) is 60.7 Å². The number of hydrogen-bond donors (Lipinski definition) is 2. The summed E-state index contributed by atoms with van der Waals surface area (Å²) in [6, 6.07) is 18.0. The number of benzene rings is 2. The molecular formula is C28H38N2O4. The zero-order chi connectivity index (χ0) is 24.4. The second-order valence-corrected chi connectivity index (χ2v) is 8.53. The van der Waals surface area contributed by atoms with E-state index in [4.69, 9.17) is 4.74 Å². The van der Waals surface area contributed by atoms with Gasteiger partial charge in [-0.05, 0) is 24.0 Å². The predicted molar refractivity (Wildman–Crippen MR) is 134 cm³/mol. The van der Waals surface area contributed by atoms with Crippen LogP contribution in [-0.4, -0.2) is 30.4 Å². The predicted octanol–water partition coefficient (Wildman–Crippen LogP) is 4.71. The van der Waals surface area contributed by atoms with Gasteiger partial charge in [0.05, 0.1) is 6.42 Å². The lowest BCUT2D eigenvalue weighted by Gasteiger charge is -2.18.